The Morgan fingerprint density at radius 3 is 3.00 bits per heavy atom. The van der Waals surface area contributed by atoms with Crippen LogP contribution < -0.4 is 5.32 Å². The molecule has 1 aromatic carbocycles. The van der Waals surface area contributed by atoms with Crippen molar-refractivity contribution in [2.75, 3.05) is 11.9 Å². The van der Waals surface area contributed by atoms with Gasteiger partial charge in [-0.3, -0.25) is 0 Å². The van der Waals surface area contributed by atoms with Gasteiger partial charge in [-0.05, 0) is 0 Å². The van der Waals surface area contributed by atoms with Crippen LogP contribution in [0.5, 0.6) is 0 Å². The van der Waals surface area contributed by atoms with Gasteiger partial charge in [0.2, 0.25) is 0 Å². The topological polar surface area (TPSA) is 37.8 Å². The summed E-state index contributed by atoms with van der Waals surface area (Å²) in [6.07, 6.45) is 1.13. The Hall–Kier alpha value is -0.861. The Morgan fingerprint density at radius 1 is 1.25 bits per heavy atom. The van der Waals surface area contributed by atoms with Crippen LogP contribution in [-0.2, 0) is 6.42 Å². The molecule has 12 heavy (non-hydrogen) atoms. The van der Waals surface area contributed by atoms with Crippen molar-refractivity contribution in [1.29, 1.82) is 0 Å². The minimum absolute atomic E-state index is 0.109. The Bertz CT molecular complexity index is 397. The maximum absolute atomic E-state index is 4.34. The van der Waals surface area contributed by atoms with E-state index in [-0.39, 0.29) is 15.0 Å². The molecule has 0 aliphatic carbocycles. The zero-order valence-electron chi connectivity index (χ0n) is 6.37. The fourth-order valence-electron chi connectivity index (χ4n) is 1.58. The predicted octanol–water partition coefficient (Wildman–Crippen LogP) is 0.655. The van der Waals surface area contributed by atoms with Gasteiger partial charge in [-0.1, -0.05) is 0 Å². The molecule has 0 saturated carbocycles. The molecule has 1 aliphatic rings. The van der Waals surface area contributed by atoms with E-state index in [1.165, 1.54) is 11.3 Å². The molecule has 4 heteroatoms. The third kappa shape index (κ3) is 0.822. The Balaban J connectivity index is 2.38. The summed E-state index contributed by atoms with van der Waals surface area (Å²) in [5.41, 5.74) is 4.82. The van der Waals surface area contributed by atoms with Crippen LogP contribution in [0.3, 0.4) is 0 Å². The maximum atomic E-state index is 4.34. The van der Waals surface area contributed by atoms with Gasteiger partial charge in [0.05, 0.1) is 0 Å². The van der Waals surface area contributed by atoms with Crippen molar-refractivity contribution in [3.63, 3.8) is 0 Å². The van der Waals surface area contributed by atoms with E-state index >= 15 is 0 Å². The van der Waals surface area contributed by atoms with E-state index in [9.17, 15) is 0 Å². The molecule has 0 bridgehead atoms. The van der Waals surface area contributed by atoms with Gasteiger partial charge in [-0.15, -0.1) is 0 Å². The van der Waals surface area contributed by atoms with Crippen LogP contribution in [0.15, 0.2) is 12.1 Å². The fraction of sp³-hybridized carbons (Fsp3) is 0.250. The molecule has 0 fully saturated rings. The van der Waals surface area contributed by atoms with Gasteiger partial charge in [-0.2, -0.15) is 0 Å². The van der Waals surface area contributed by atoms with Crippen LogP contribution in [0.4, 0.5) is 5.69 Å². The van der Waals surface area contributed by atoms with Crippen molar-refractivity contribution in [3.8, 4) is 0 Å². The average molecular weight is 224 g/mol. The molecule has 2 heterocycles. The average Bonchev–Trinajstić information content (AvgIpc) is 2.64. The number of benzene rings is 1. The molecule has 0 saturated heterocycles. The standard InChI is InChI=1S/C8H7N3Se/c1-2-9-6-4-8-7(3-5(1)6)10-12-11-8/h3-4,9H,1-2H2. The molecule has 3 rings (SSSR count). The van der Waals surface area contributed by atoms with Crippen molar-refractivity contribution in [1.82, 2.24) is 7.96 Å². The molecule has 0 atom stereocenters. The van der Waals surface area contributed by atoms with E-state index in [1.54, 1.807) is 0 Å². The quantitative estimate of drug-likeness (QED) is 0.668. The third-order valence-electron chi connectivity index (χ3n) is 2.19. The van der Waals surface area contributed by atoms with Crippen LogP contribution in [-0.4, -0.2) is 29.5 Å². The van der Waals surface area contributed by atoms with Gasteiger partial charge < -0.3 is 0 Å². The van der Waals surface area contributed by atoms with Crippen LogP contribution in [0.1, 0.15) is 5.56 Å². The number of anilines is 1. The van der Waals surface area contributed by atoms with Gasteiger partial charge in [0.25, 0.3) is 0 Å². The summed E-state index contributed by atoms with van der Waals surface area (Å²) < 4.78 is 8.68. The zero-order valence-corrected chi connectivity index (χ0v) is 8.08. The number of hydrogen-bond acceptors (Lipinski definition) is 3. The molecule has 1 N–H and O–H groups in total. The van der Waals surface area contributed by atoms with Crippen molar-refractivity contribution >= 4 is 31.7 Å². The summed E-state index contributed by atoms with van der Waals surface area (Å²) in [5, 5.41) is 3.34. The van der Waals surface area contributed by atoms with Crippen LogP contribution >= 0.6 is 0 Å². The van der Waals surface area contributed by atoms with Crippen molar-refractivity contribution in [2.45, 2.75) is 6.42 Å². The van der Waals surface area contributed by atoms with Crippen LogP contribution in [0.2, 0.25) is 0 Å². The second-order valence-electron chi connectivity index (χ2n) is 2.94. The first-order valence-corrected chi connectivity index (χ1v) is 5.46. The van der Waals surface area contributed by atoms with Gasteiger partial charge in [0.1, 0.15) is 0 Å². The Labute approximate surface area is 76.0 Å². The number of fused-ring (bicyclic) bond motifs is 2. The molecule has 1 aromatic heterocycles. The molecule has 2 aromatic rings. The van der Waals surface area contributed by atoms with Crippen molar-refractivity contribution in [3.05, 3.63) is 17.7 Å². The van der Waals surface area contributed by atoms with Gasteiger partial charge in [0, 0.05) is 0 Å². The van der Waals surface area contributed by atoms with E-state index in [0.717, 1.165) is 24.0 Å². The first-order valence-electron chi connectivity index (χ1n) is 3.92. The number of rotatable bonds is 0. The molecule has 0 spiro atoms. The normalized spacial score (nSPS) is 14.7. The summed E-state index contributed by atoms with van der Waals surface area (Å²) in [4.78, 5) is 0. The first-order chi connectivity index (χ1) is 5.93. The van der Waals surface area contributed by atoms with E-state index < -0.39 is 0 Å². The SMILES string of the molecule is c1c2c(cc3n[se]nc13)NCC2. The molecular weight excluding hydrogens is 217 g/mol. The van der Waals surface area contributed by atoms with E-state index in [2.05, 4.69) is 25.4 Å². The molecule has 1 aliphatic heterocycles. The summed E-state index contributed by atoms with van der Waals surface area (Å²) in [6.45, 7) is 1.06. The predicted molar refractivity (Wildman–Crippen MR) is 48.7 cm³/mol. The molecule has 60 valence electrons. The zero-order chi connectivity index (χ0) is 7.97. The molecule has 0 amide bonds. The van der Waals surface area contributed by atoms with Crippen LogP contribution in [0.25, 0.3) is 11.0 Å². The van der Waals surface area contributed by atoms with E-state index in [4.69, 9.17) is 0 Å². The molecule has 3 nitrogen and oxygen atoms in total. The first kappa shape index (κ1) is 6.63. The summed E-state index contributed by atoms with van der Waals surface area (Å²) in [7, 11) is 0. The van der Waals surface area contributed by atoms with Gasteiger partial charge >= 0.3 is 75.6 Å². The van der Waals surface area contributed by atoms with Crippen LogP contribution in [0, 0.1) is 0 Å². The minimum atomic E-state index is 0.109. The van der Waals surface area contributed by atoms with E-state index in [1.807, 2.05) is 0 Å². The number of nitrogens with zero attached hydrogens (tertiary/aromatic N) is 2. The summed E-state index contributed by atoms with van der Waals surface area (Å²) in [6, 6.07) is 4.29. The second kappa shape index (κ2) is 2.31. The van der Waals surface area contributed by atoms with Gasteiger partial charge in [0.15, 0.2) is 0 Å². The monoisotopic (exact) mass is 225 g/mol. The Morgan fingerprint density at radius 2 is 2.08 bits per heavy atom. The summed E-state index contributed by atoms with van der Waals surface area (Å²) in [5.74, 6) is 0. The number of hydrogen-bond donors (Lipinski definition) is 1. The third-order valence-corrected chi connectivity index (χ3v) is 3.36. The second-order valence-corrected chi connectivity index (χ2v) is 4.05. The number of nitrogens with one attached hydrogen (secondary N) is 1. The van der Waals surface area contributed by atoms with Gasteiger partial charge in [-0.25, -0.2) is 0 Å². The van der Waals surface area contributed by atoms with E-state index in [0.29, 0.717) is 0 Å². The van der Waals surface area contributed by atoms with Crippen molar-refractivity contribution < 1.29 is 0 Å². The summed E-state index contributed by atoms with van der Waals surface area (Å²) >= 11 is 0.109. The number of aromatic nitrogens is 2. The van der Waals surface area contributed by atoms with Crippen molar-refractivity contribution in [2.24, 2.45) is 0 Å². The Kier molecular flexibility index (Phi) is 1.28. The molecule has 0 radical (unpaired) electrons. The molecule has 0 unspecified atom stereocenters. The molecular formula is C8H7N3Se. The fourth-order valence-corrected chi connectivity index (χ4v) is 2.65.